The first-order valence-corrected chi connectivity index (χ1v) is 7.85. The molecule has 6 nitrogen and oxygen atoms in total. The number of alkyl halides is 3. The summed E-state index contributed by atoms with van der Waals surface area (Å²) in [4.78, 5) is 28.5. The molecule has 0 aliphatic carbocycles. The number of pyridine rings is 1. The van der Waals surface area contributed by atoms with Gasteiger partial charge in [-0.15, -0.1) is 0 Å². The third-order valence-corrected chi connectivity index (χ3v) is 3.81. The van der Waals surface area contributed by atoms with E-state index in [2.05, 4.69) is 9.72 Å². The number of nitrogens with zero attached hydrogens (tertiary/aromatic N) is 1. The highest BCUT2D eigenvalue weighted by atomic mass is 19.4. The van der Waals surface area contributed by atoms with E-state index in [0.717, 1.165) is 7.11 Å². The lowest BCUT2D eigenvalue weighted by atomic mass is 10.1. The molecule has 27 heavy (non-hydrogen) atoms. The Kier molecular flexibility index (Phi) is 5.72. The number of benzene rings is 1. The highest BCUT2D eigenvalue weighted by Gasteiger charge is 2.63. The number of rotatable bonds is 5. The standard InChI is InChI=1S/C18H18F3N3O3/c1-11-6-4-8-13(10-11)15(25)24-17(16(26)27-3,18(19,20)21)23-14-12(2)7-5-9-22-14/h4-10H,1-3H3,(H,22,23)(H,24,25)/t17-/m1/s1. The molecule has 0 aliphatic rings. The number of nitrogens with one attached hydrogen (secondary N) is 2. The Hall–Kier alpha value is -3.10. The molecule has 2 aromatic rings. The van der Waals surface area contributed by atoms with Crippen LogP contribution in [0.5, 0.6) is 0 Å². The monoisotopic (exact) mass is 381 g/mol. The van der Waals surface area contributed by atoms with Crippen molar-refractivity contribution in [1.29, 1.82) is 0 Å². The van der Waals surface area contributed by atoms with Gasteiger partial charge in [0, 0.05) is 11.8 Å². The second-order valence-corrected chi connectivity index (χ2v) is 5.86. The molecule has 1 atom stereocenters. The van der Waals surface area contributed by atoms with Gasteiger partial charge in [-0.1, -0.05) is 23.8 Å². The minimum atomic E-state index is -5.22. The van der Waals surface area contributed by atoms with Gasteiger partial charge in [0.25, 0.3) is 5.91 Å². The Balaban J connectivity index is 2.52. The molecule has 1 aromatic heterocycles. The number of carbonyl (C=O) groups is 2. The maximum absolute atomic E-state index is 14.0. The lowest BCUT2D eigenvalue weighted by molar-refractivity contribution is -0.203. The topological polar surface area (TPSA) is 80.3 Å². The molecule has 0 unspecified atom stereocenters. The molecule has 2 N–H and O–H groups in total. The van der Waals surface area contributed by atoms with E-state index in [0.29, 0.717) is 11.1 Å². The van der Waals surface area contributed by atoms with Crippen LogP contribution < -0.4 is 10.6 Å². The Bertz CT molecular complexity index is 855. The largest absolute Gasteiger partial charge is 0.466 e. The van der Waals surface area contributed by atoms with E-state index in [-0.39, 0.29) is 11.4 Å². The second kappa shape index (κ2) is 7.65. The Labute approximate surface area is 153 Å². The summed E-state index contributed by atoms with van der Waals surface area (Å²) in [5.41, 5.74) is -2.53. The zero-order chi connectivity index (χ0) is 20.2. The first kappa shape index (κ1) is 20.2. The molecule has 1 amide bonds. The van der Waals surface area contributed by atoms with Gasteiger partial charge in [0.1, 0.15) is 5.82 Å². The van der Waals surface area contributed by atoms with Crippen LogP contribution in [0.4, 0.5) is 19.0 Å². The quantitative estimate of drug-likeness (QED) is 0.615. The van der Waals surface area contributed by atoms with Crippen molar-refractivity contribution in [1.82, 2.24) is 10.3 Å². The number of hydrogen-bond donors (Lipinski definition) is 2. The molecule has 0 fully saturated rings. The second-order valence-electron chi connectivity index (χ2n) is 5.86. The van der Waals surface area contributed by atoms with Gasteiger partial charge in [0.05, 0.1) is 7.11 Å². The number of halogens is 3. The summed E-state index contributed by atoms with van der Waals surface area (Å²) in [5.74, 6) is -3.03. The normalized spacial score (nSPS) is 13.4. The summed E-state index contributed by atoms with van der Waals surface area (Å²) in [6.45, 7) is 3.19. The molecule has 0 aliphatic heterocycles. The van der Waals surface area contributed by atoms with Crippen LogP contribution in [0.3, 0.4) is 0 Å². The van der Waals surface area contributed by atoms with Crippen LogP contribution in [0.25, 0.3) is 0 Å². The van der Waals surface area contributed by atoms with Gasteiger partial charge in [-0.25, -0.2) is 9.78 Å². The van der Waals surface area contributed by atoms with Crippen molar-refractivity contribution >= 4 is 17.7 Å². The number of anilines is 1. The molecule has 144 valence electrons. The third kappa shape index (κ3) is 4.18. The van der Waals surface area contributed by atoms with Crippen molar-refractivity contribution in [3.8, 4) is 0 Å². The zero-order valence-electron chi connectivity index (χ0n) is 14.8. The number of ether oxygens (including phenoxy) is 1. The van der Waals surface area contributed by atoms with Crippen LogP contribution in [-0.4, -0.2) is 35.8 Å². The van der Waals surface area contributed by atoms with Crippen LogP contribution in [-0.2, 0) is 9.53 Å². The van der Waals surface area contributed by atoms with Crippen molar-refractivity contribution < 1.29 is 27.5 Å². The molecule has 0 spiro atoms. The van der Waals surface area contributed by atoms with E-state index in [4.69, 9.17) is 0 Å². The third-order valence-electron chi connectivity index (χ3n) is 3.81. The van der Waals surface area contributed by atoms with Gasteiger partial charge in [-0.2, -0.15) is 13.2 Å². The number of esters is 1. The fourth-order valence-electron chi connectivity index (χ4n) is 2.37. The average Bonchev–Trinajstić information content (AvgIpc) is 2.61. The molecular formula is C18H18F3N3O3. The van der Waals surface area contributed by atoms with Crippen molar-refractivity contribution in [2.75, 3.05) is 12.4 Å². The number of carbonyl (C=O) groups excluding carboxylic acids is 2. The summed E-state index contributed by atoms with van der Waals surface area (Å²) < 4.78 is 46.3. The van der Waals surface area contributed by atoms with Gasteiger partial charge in [-0.3, -0.25) is 4.79 Å². The molecule has 0 saturated carbocycles. The summed E-state index contributed by atoms with van der Waals surface area (Å²) in [6, 6.07) is 8.99. The Morgan fingerprint density at radius 1 is 1.11 bits per heavy atom. The number of aryl methyl sites for hydroxylation is 2. The number of aromatic nitrogens is 1. The summed E-state index contributed by atoms with van der Waals surface area (Å²) in [5, 5.41) is 3.77. The molecule has 1 heterocycles. The Morgan fingerprint density at radius 2 is 1.81 bits per heavy atom. The predicted molar refractivity (Wildman–Crippen MR) is 92.0 cm³/mol. The van der Waals surface area contributed by atoms with Crippen LogP contribution >= 0.6 is 0 Å². The van der Waals surface area contributed by atoms with Crippen LogP contribution in [0.1, 0.15) is 21.5 Å². The van der Waals surface area contributed by atoms with E-state index >= 15 is 0 Å². The highest BCUT2D eigenvalue weighted by molar-refractivity contribution is 5.99. The number of amides is 1. The predicted octanol–water partition coefficient (Wildman–Crippen LogP) is 2.97. The summed E-state index contributed by atoms with van der Waals surface area (Å²) >= 11 is 0. The lowest BCUT2D eigenvalue weighted by Crippen LogP contribution is -2.69. The SMILES string of the molecule is COC(=O)[C@](NC(=O)c1cccc(C)c1)(Nc1ncccc1C)C(F)(F)F. The van der Waals surface area contributed by atoms with E-state index in [9.17, 15) is 22.8 Å². The summed E-state index contributed by atoms with van der Waals surface area (Å²) in [7, 11) is 0.800. The minimum Gasteiger partial charge on any atom is -0.466 e. The molecule has 2 rings (SSSR count). The van der Waals surface area contributed by atoms with Crippen molar-refractivity contribution in [2.24, 2.45) is 0 Å². The van der Waals surface area contributed by atoms with E-state index in [1.54, 1.807) is 18.3 Å². The summed E-state index contributed by atoms with van der Waals surface area (Å²) in [6.07, 6.45) is -3.96. The van der Waals surface area contributed by atoms with Gasteiger partial charge in [-0.05, 0) is 37.6 Å². The fourth-order valence-corrected chi connectivity index (χ4v) is 2.37. The smallest absolute Gasteiger partial charge is 0.441 e. The molecular weight excluding hydrogens is 363 g/mol. The average molecular weight is 381 g/mol. The van der Waals surface area contributed by atoms with Crippen LogP contribution in [0, 0.1) is 13.8 Å². The maximum atomic E-state index is 14.0. The Morgan fingerprint density at radius 3 is 2.37 bits per heavy atom. The molecule has 0 bridgehead atoms. The molecule has 0 radical (unpaired) electrons. The number of hydrogen-bond acceptors (Lipinski definition) is 5. The number of methoxy groups -OCH3 is 1. The van der Waals surface area contributed by atoms with Gasteiger partial charge < -0.3 is 15.4 Å². The molecule has 9 heteroatoms. The van der Waals surface area contributed by atoms with Gasteiger partial charge in [0.15, 0.2) is 0 Å². The first-order chi connectivity index (χ1) is 12.6. The fraction of sp³-hybridized carbons (Fsp3) is 0.278. The molecule has 1 aromatic carbocycles. The lowest BCUT2D eigenvalue weighted by Gasteiger charge is -2.35. The highest BCUT2D eigenvalue weighted by Crippen LogP contribution is 2.33. The maximum Gasteiger partial charge on any atom is 0.441 e. The minimum absolute atomic E-state index is 0.0351. The van der Waals surface area contributed by atoms with Gasteiger partial charge in [0.2, 0.25) is 0 Å². The van der Waals surface area contributed by atoms with Crippen LogP contribution in [0.2, 0.25) is 0 Å². The van der Waals surface area contributed by atoms with E-state index in [1.807, 2.05) is 5.32 Å². The van der Waals surface area contributed by atoms with Crippen molar-refractivity contribution in [3.05, 3.63) is 59.3 Å². The zero-order valence-corrected chi connectivity index (χ0v) is 14.8. The first-order valence-electron chi connectivity index (χ1n) is 7.85. The molecule has 0 saturated heterocycles. The van der Waals surface area contributed by atoms with E-state index in [1.165, 1.54) is 43.5 Å². The van der Waals surface area contributed by atoms with E-state index < -0.39 is 23.7 Å². The van der Waals surface area contributed by atoms with Crippen molar-refractivity contribution in [2.45, 2.75) is 25.7 Å². The van der Waals surface area contributed by atoms with Gasteiger partial charge >= 0.3 is 17.8 Å². The van der Waals surface area contributed by atoms with Crippen LogP contribution in [0.15, 0.2) is 42.6 Å². The van der Waals surface area contributed by atoms with Crippen molar-refractivity contribution in [3.63, 3.8) is 0 Å².